The zero-order valence-corrected chi connectivity index (χ0v) is 20.0. The summed E-state index contributed by atoms with van der Waals surface area (Å²) in [5, 5.41) is 3.13. The third-order valence-corrected chi connectivity index (χ3v) is 6.42. The minimum atomic E-state index is -0.0329. The molecular formula is C25H32BrN3O2. The maximum atomic E-state index is 12.8. The van der Waals surface area contributed by atoms with Crippen LogP contribution in [0.3, 0.4) is 0 Å². The molecule has 1 saturated heterocycles. The lowest BCUT2D eigenvalue weighted by Gasteiger charge is -2.38. The highest BCUT2D eigenvalue weighted by molar-refractivity contribution is 9.10. The van der Waals surface area contributed by atoms with Crippen molar-refractivity contribution in [3.8, 4) is 0 Å². The van der Waals surface area contributed by atoms with Gasteiger partial charge in [0.1, 0.15) is 0 Å². The average molecular weight is 486 g/mol. The minimum absolute atomic E-state index is 0.0329. The molecule has 0 aromatic heterocycles. The number of likely N-dealkylation sites (tertiary alicyclic amines) is 1. The summed E-state index contributed by atoms with van der Waals surface area (Å²) in [6.45, 7) is 6.90. The second kappa shape index (κ2) is 11.4. The van der Waals surface area contributed by atoms with Crippen molar-refractivity contribution in [2.24, 2.45) is 0 Å². The van der Waals surface area contributed by atoms with Gasteiger partial charge in [-0.2, -0.15) is 0 Å². The molecular weight excluding hydrogens is 454 g/mol. The van der Waals surface area contributed by atoms with Crippen molar-refractivity contribution in [3.63, 3.8) is 0 Å². The quantitative estimate of drug-likeness (QED) is 0.592. The van der Waals surface area contributed by atoms with Crippen LogP contribution in [0.4, 0.5) is 0 Å². The zero-order valence-electron chi connectivity index (χ0n) is 18.4. The molecule has 0 radical (unpaired) electrons. The van der Waals surface area contributed by atoms with Gasteiger partial charge in [-0.3, -0.25) is 14.5 Å². The Morgan fingerprint density at radius 1 is 1.10 bits per heavy atom. The Hall–Kier alpha value is -2.18. The van der Waals surface area contributed by atoms with Gasteiger partial charge in [0, 0.05) is 29.2 Å². The molecule has 2 aromatic carbocycles. The van der Waals surface area contributed by atoms with Gasteiger partial charge in [0.25, 0.3) is 5.91 Å². The van der Waals surface area contributed by atoms with Gasteiger partial charge in [-0.1, -0.05) is 53.2 Å². The molecule has 1 aliphatic rings. The largest absolute Gasteiger partial charge is 0.348 e. The van der Waals surface area contributed by atoms with Crippen molar-refractivity contribution in [1.29, 1.82) is 0 Å². The van der Waals surface area contributed by atoms with Crippen molar-refractivity contribution in [2.75, 3.05) is 26.2 Å². The Morgan fingerprint density at radius 2 is 1.74 bits per heavy atom. The number of piperidine rings is 1. The molecule has 1 heterocycles. The van der Waals surface area contributed by atoms with Gasteiger partial charge < -0.3 is 10.2 Å². The Bertz CT molecular complexity index is 849. The van der Waals surface area contributed by atoms with Gasteiger partial charge >= 0.3 is 0 Å². The smallest absolute Gasteiger partial charge is 0.253 e. The highest BCUT2D eigenvalue weighted by Crippen LogP contribution is 2.20. The second-order valence-electron chi connectivity index (χ2n) is 8.20. The molecule has 0 bridgehead atoms. The maximum absolute atomic E-state index is 12.8. The van der Waals surface area contributed by atoms with Crippen molar-refractivity contribution >= 4 is 27.7 Å². The number of rotatable bonds is 8. The standard InChI is InChI=1S/C25H32BrN3O2/c1-3-15-29(18-24(30)27-19(2)20-9-11-22(26)12-10-20)23-13-16-28(17-14-23)25(31)21-7-5-4-6-8-21/h4-12,19,23H,3,13-18H2,1-2H3,(H,27,30). The van der Waals surface area contributed by atoms with Crippen molar-refractivity contribution in [3.05, 3.63) is 70.2 Å². The molecule has 1 N–H and O–H groups in total. The number of nitrogens with one attached hydrogen (secondary N) is 1. The van der Waals surface area contributed by atoms with Crippen molar-refractivity contribution in [1.82, 2.24) is 15.1 Å². The highest BCUT2D eigenvalue weighted by Gasteiger charge is 2.28. The Labute approximate surface area is 193 Å². The highest BCUT2D eigenvalue weighted by atomic mass is 79.9. The summed E-state index contributed by atoms with van der Waals surface area (Å²) in [7, 11) is 0. The first-order valence-corrected chi connectivity index (χ1v) is 11.9. The molecule has 5 nitrogen and oxygen atoms in total. The van der Waals surface area contributed by atoms with Crippen molar-refractivity contribution in [2.45, 2.75) is 45.2 Å². The van der Waals surface area contributed by atoms with Crippen LogP contribution in [0, 0.1) is 0 Å². The molecule has 2 amide bonds. The number of halogens is 1. The molecule has 0 spiro atoms. The van der Waals surface area contributed by atoms with Gasteiger partial charge in [-0.15, -0.1) is 0 Å². The van der Waals surface area contributed by atoms with Crippen LogP contribution in [-0.2, 0) is 4.79 Å². The summed E-state index contributed by atoms with van der Waals surface area (Å²) in [4.78, 5) is 29.7. The molecule has 1 aliphatic heterocycles. The molecule has 0 saturated carbocycles. The predicted molar refractivity (Wildman–Crippen MR) is 128 cm³/mol. The third kappa shape index (κ3) is 6.65. The lowest BCUT2D eigenvalue weighted by Crippen LogP contribution is -2.49. The lowest BCUT2D eigenvalue weighted by molar-refractivity contribution is -0.123. The van der Waals surface area contributed by atoms with Crippen LogP contribution in [0.2, 0.25) is 0 Å². The fraction of sp³-hybridized carbons (Fsp3) is 0.440. The SMILES string of the molecule is CCCN(CC(=O)NC(C)c1ccc(Br)cc1)C1CCN(C(=O)c2ccccc2)CC1. The number of amides is 2. The number of hydrogen-bond donors (Lipinski definition) is 1. The lowest BCUT2D eigenvalue weighted by atomic mass is 10.0. The third-order valence-electron chi connectivity index (χ3n) is 5.89. The van der Waals surface area contributed by atoms with E-state index < -0.39 is 0 Å². The van der Waals surface area contributed by atoms with Crippen LogP contribution in [0.25, 0.3) is 0 Å². The molecule has 166 valence electrons. The summed E-state index contributed by atoms with van der Waals surface area (Å²) in [5.74, 6) is 0.147. The molecule has 0 aliphatic carbocycles. The number of carbonyl (C=O) groups excluding carboxylic acids is 2. The van der Waals surface area contributed by atoms with E-state index in [1.54, 1.807) is 0 Å². The van der Waals surface area contributed by atoms with Gasteiger partial charge in [-0.25, -0.2) is 0 Å². The fourth-order valence-electron chi connectivity index (χ4n) is 4.18. The van der Waals surface area contributed by atoms with Crippen LogP contribution >= 0.6 is 15.9 Å². The zero-order chi connectivity index (χ0) is 22.2. The first-order valence-electron chi connectivity index (χ1n) is 11.1. The van der Waals surface area contributed by atoms with Gasteiger partial charge in [0.15, 0.2) is 0 Å². The molecule has 6 heteroatoms. The van der Waals surface area contributed by atoms with Crippen LogP contribution in [0.1, 0.15) is 55.1 Å². The summed E-state index contributed by atoms with van der Waals surface area (Å²) >= 11 is 3.45. The summed E-state index contributed by atoms with van der Waals surface area (Å²) in [6, 6.07) is 17.8. The van der Waals surface area contributed by atoms with Crippen LogP contribution < -0.4 is 5.32 Å². The fourth-order valence-corrected chi connectivity index (χ4v) is 4.45. The Balaban J connectivity index is 1.53. The molecule has 3 rings (SSSR count). The first-order chi connectivity index (χ1) is 15.0. The van der Waals surface area contributed by atoms with Gasteiger partial charge in [0.05, 0.1) is 12.6 Å². The van der Waals surface area contributed by atoms with E-state index in [9.17, 15) is 9.59 Å². The normalized spacial score (nSPS) is 15.7. The number of carbonyl (C=O) groups is 2. The average Bonchev–Trinajstić information content (AvgIpc) is 2.79. The second-order valence-corrected chi connectivity index (χ2v) is 9.12. The molecule has 2 aromatic rings. The van der Waals surface area contributed by atoms with Crippen molar-refractivity contribution < 1.29 is 9.59 Å². The van der Waals surface area contributed by atoms with Gasteiger partial charge in [-0.05, 0) is 62.6 Å². The molecule has 1 unspecified atom stereocenters. The topological polar surface area (TPSA) is 52.7 Å². The van der Waals surface area contributed by atoms with E-state index in [-0.39, 0.29) is 17.9 Å². The summed E-state index contributed by atoms with van der Waals surface area (Å²) in [6.07, 6.45) is 2.79. The van der Waals surface area contributed by atoms with Gasteiger partial charge in [0.2, 0.25) is 5.91 Å². The Kier molecular flexibility index (Phi) is 8.67. The molecule has 31 heavy (non-hydrogen) atoms. The number of hydrogen-bond acceptors (Lipinski definition) is 3. The van der Waals surface area contributed by atoms with E-state index in [2.05, 4.69) is 33.1 Å². The van der Waals surface area contributed by atoms with E-state index in [1.807, 2.05) is 66.4 Å². The minimum Gasteiger partial charge on any atom is -0.348 e. The Morgan fingerprint density at radius 3 is 2.35 bits per heavy atom. The van der Waals surface area contributed by atoms with Crippen LogP contribution in [0.15, 0.2) is 59.1 Å². The number of nitrogens with zero attached hydrogens (tertiary/aromatic N) is 2. The van der Waals surface area contributed by atoms with E-state index in [0.29, 0.717) is 12.6 Å². The molecule has 1 atom stereocenters. The van der Waals surface area contributed by atoms with Crippen LogP contribution in [0.5, 0.6) is 0 Å². The maximum Gasteiger partial charge on any atom is 0.253 e. The monoisotopic (exact) mass is 485 g/mol. The predicted octanol–water partition coefficient (Wildman–Crippen LogP) is 4.64. The molecule has 1 fully saturated rings. The van der Waals surface area contributed by atoms with Crippen LogP contribution in [-0.4, -0.2) is 53.8 Å². The van der Waals surface area contributed by atoms with E-state index in [0.717, 1.165) is 54.5 Å². The summed E-state index contributed by atoms with van der Waals surface area (Å²) < 4.78 is 1.03. The number of benzene rings is 2. The van der Waals surface area contributed by atoms with E-state index in [1.165, 1.54) is 0 Å². The first kappa shape index (κ1) is 23.5. The summed E-state index contributed by atoms with van der Waals surface area (Å²) in [5.41, 5.74) is 1.83. The van der Waals surface area contributed by atoms with E-state index >= 15 is 0 Å². The van der Waals surface area contributed by atoms with E-state index in [4.69, 9.17) is 0 Å².